The van der Waals surface area contributed by atoms with Crippen molar-refractivity contribution in [3.05, 3.63) is 35.6 Å². The zero-order valence-corrected chi connectivity index (χ0v) is 7.71. The Balaban J connectivity index is 2.36. The molecule has 0 aromatic rings. The van der Waals surface area contributed by atoms with E-state index in [-0.39, 0.29) is 0 Å². The molecule has 0 saturated heterocycles. The third-order valence-electron chi connectivity index (χ3n) is 2.27. The van der Waals surface area contributed by atoms with Gasteiger partial charge in [0.2, 0.25) is 0 Å². The molecule has 1 heterocycles. The number of hydrogen-bond donors (Lipinski definition) is 1. The highest BCUT2D eigenvalue weighted by molar-refractivity contribution is 5.48. The number of allylic oxidation sites excluding steroid dienone is 3. The van der Waals surface area contributed by atoms with E-state index in [4.69, 9.17) is 10.5 Å². The van der Waals surface area contributed by atoms with Gasteiger partial charge in [-0.3, -0.25) is 0 Å². The van der Waals surface area contributed by atoms with Gasteiger partial charge in [0.15, 0.2) is 6.10 Å². The third kappa shape index (κ3) is 1.35. The molecule has 14 heavy (non-hydrogen) atoms. The van der Waals surface area contributed by atoms with Crippen LogP contribution in [0.5, 0.6) is 0 Å². The van der Waals surface area contributed by atoms with Crippen LogP contribution < -0.4 is 5.73 Å². The van der Waals surface area contributed by atoms with Gasteiger partial charge < -0.3 is 10.5 Å². The highest BCUT2D eigenvalue weighted by Gasteiger charge is 2.46. The minimum Gasteiger partial charge on any atom is -0.482 e. The summed E-state index contributed by atoms with van der Waals surface area (Å²) in [6.07, 6.45) is 4.59. The second-order valence-electron chi connectivity index (χ2n) is 3.56. The minimum absolute atomic E-state index is 0.437. The average molecular weight is 199 g/mol. The maximum absolute atomic E-state index is 13.4. The normalized spacial score (nSPS) is 30.1. The summed E-state index contributed by atoms with van der Waals surface area (Å²) in [5, 5.41) is 0. The first-order valence-corrected chi connectivity index (χ1v) is 4.42. The molecular formula is C10H11F2NO. The topological polar surface area (TPSA) is 35.2 Å². The van der Waals surface area contributed by atoms with Crippen LogP contribution in [0.1, 0.15) is 6.92 Å². The smallest absolute Gasteiger partial charge is 0.305 e. The van der Waals surface area contributed by atoms with Crippen LogP contribution in [-0.4, -0.2) is 18.1 Å². The lowest BCUT2D eigenvalue weighted by molar-refractivity contribution is -0.0981. The van der Waals surface area contributed by atoms with Crippen molar-refractivity contribution in [3.63, 3.8) is 0 Å². The van der Waals surface area contributed by atoms with Gasteiger partial charge in [0.25, 0.3) is 0 Å². The number of halogens is 2. The van der Waals surface area contributed by atoms with Crippen LogP contribution in [0.25, 0.3) is 0 Å². The number of fused-ring (bicyclic) bond motifs is 1. The fourth-order valence-electron chi connectivity index (χ4n) is 1.61. The largest absolute Gasteiger partial charge is 0.482 e. The molecule has 2 rings (SSSR count). The first-order valence-electron chi connectivity index (χ1n) is 4.42. The molecule has 76 valence electrons. The second kappa shape index (κ2) is 2.92. The van der Waals surface area contributed by atoms with Crippen LogP contribution in [0.4, 0.5) is 8.78 Å². The lowest BCUT2D eigenvalue weighted by Gasteiger charge is -2.33. The molecule has 0 fully saturated rings. The quantitative estimate of drug-likeness (QED) is 0.698. The molecular weight excluding hydrogens is 188 g/mol. The fraction of sp³-hybridized carbons (Fsp3) is 0.400. The van der Waals surface area contributed by atoms with Gasteiger partial charge in [-0.05, 0) is 19.1 Å². The molecule has 2 aliphatic rings. The summed E-state index contributed by atoms with van der Waals surface area (Å²) < 4.78 is 32.0. The maximum atomic E-state index is 13.4. The van der Waals surface area contributed by atoms with Crippen LogP contribution in [0.2, 0.25) is 0 Å². The summed E-state index contributed by atoms with van der Waals surface area (Å²) >= 11 is 0. The van der Waals surface area contributed by atoms with Crippen molar-refractivity contribution in [1.29, 1.82) is 0 Å². The summed E-state index contributed by atoms with van der Waals surface area (Å²) in [7, 11) is 0. The number of rotatable bonds is 1. The van der Waals surface area contributed by atoms with Gasteiger partial charge >= 0.3 is 5.92 Å². The molecule has 1 aliphatic heterocycles. The molecule has 0 saturated carbocycles. The van der Waals surface area contributed by atoms with Crippen LogP contribution in [0, 0.1) is 0 Å². The van der Waals surface area contributed by atoms with E-state index in [2.05, 4.69) is 0 Å². The summed E-state index contributed by atoms with van der Waals surface area (Å²) in [6.45, 7) is 1.51. The highest BCUT2D eigenvalue weighted by Crippen LogP contribution is 2.37. The van der Waals surface area contributed by atoms with Gasteiger partial charge in [-0.1, -0.05) is 12.2 Å². The SMILES string of the molecule is CC(N)C1OC2=CC=CC2=CC1(F)F. The van der Waals surface area contributed by atoms with Crippen molar-refractivity contribution >= 4 is 0 Å². The Morgan fingerprint density at radius 1 is 1.57 bits per heavy atom. The van der Waals surface area contributed by atoms with Crippen molar-refractivity contribution in [2.24, 2.45) is 5.73 Å². The lowest BCUT2D eigenvalue weighted by Crippen LogP contribution is -2.48. The Labute approximate surface area is 80.7 Å². The van der Waals surface area contributed by atoms with Crippen LogP contribution in [0.3, 0.4) is 0 Å². The number of hydrogen-bond acceptors (Lipinski definition) is 2. The van der Waals surface area contributed by atoms with Crippen molar-refractivity contribution in [2.75, 3.05) is 0 Å². The molecule has 2 unspecified atom stereocenters. The molecule has 0 aromatic carbocycles. The minimum atomic E-state index is -2.99. The Morgan fingerprint density at radius 2 is 2.29 bits per heavy atom. The van der Waals surface area contributed by atoms with Crippen molar-refractivity contribution in [3.8, 4) is 0 Å². The summed E-state index contributed by atoms with van der Waals surface area (Å²) in [5.74, 6) is -2.51. The van der Waals surface area contributed by atoms with Gasteiger partial charge in [0.05, 0.1) is 0 Å². The Kier molecular flexibility index (Phi) is 1.96. The molecule has 0 radical (unpaired) electrons. The molecule has 2 atom stereocenters. The van der Waals surface area contributed by atoms with E-state index >= 15 is 0 Å². The van der Waals surface area contributed by atoms with E-state index in [1.807, 2.05) is 0 Å². The number of alkyl halides is 2. The van der Waals surface area contributed by atoms with Gasteiger partial charge in [-0.2, -0.15) is 8.78 Å². The predicted molar refractivity (Wildman–Crippen MR) is 48.8 cm³/mol. The average Bonchev–Trinajstić information content (AvgIpc) is 2.46. The van der Waals surface area contributed by atoms with Crippen molar-refractivity contribution in [2.45, 2.75) is 25.0 Å². The van der Waals surface area contributed by atoms with E-state index in [0.29, 0.717) is 11.3 Å². The fourth-order valence-corrected chi connectivity index (χ4v) is 1.61. The molecule has 0 aromatic heterocycles. The highest BCUT2D eigenvalue weighted by atomic mass is 19.3. The summed E-state index contributed by atoms with van der Waals surface area (Å²) in [6, 6.07) is -0.704. The third-order valence-corrected chi connectivity index (χ3v) is 2.27. The maximum Gasteiger partial charge on any atom is 0.305 e. The predicted octanol–water partition coefficient (Wildman–Crippen LogP) is 1.75. The van der Waals surface area contributed by atoms with E-state index in [1.165, 1.54) is 6.92 Å². The van der Waals surface area contributed by atoms with Gasteiger partial charge in [-0.15, -0.1) is 0 Å². The molecule has 0 bridgehead atoms. The molecule has 2 nitrogen and oxygen atoms in total. The van der Waals surface area contributed by atoms with E-state index in [0.717, 1.165) is 6.08 Å². The van der Waals surface area contributed by atoms with Crippen LogP contribution in [-0.2, 0) is 4.74 Å². The van der Waals surface area contributed by atoms with Crippen LogP contribution in [0.15, 0.2) is 35.6 Å². The zero-order chi connectivity index (χ0) is 10.3. The first-order chi connectivity index (χ1) is 6.50. The zero-order valence-electron chi connectivity index (χ0n) is 7.71. The second-order valence-corrected chi connectivity index (χ2v) is 3.56. The number of nitrogens with two attached hydrogens (primary N) is 1. The van der Waals surface area contributed by atoms with Crippen molar-refractivity contribution in [1.82, 2.24) is 0 Å². The van der Waals surface area contributed by atoms with E-state index < -0.39 is 18.1 Å². The van der Waals surface area contributed by atoms with Crippen LogP contribution >= 0.6 is 0 Å². The monoisotopic (exact) mass is 199 g/mol. The molecule has 0 spiro atoms. The molecule has 0 amide bonds. The number of ether oxygens (including phenoxy) is 1. The molecule has 1 aliphatic carbocycles. The van der Waals surface area contributed by atoms with Gasteiger partial charge in [0.1, 0.15) is 5.76 Å². The van der Waals surface area contributed by atoms with Crippen molar-refractivity contribution < 1.29 is 13.5 Å². The standard InChI is InChI=1S/C10H11F2NO/c1-6(13)9-10(11,12)5-7-3-2-4-8(7)14-9/h2-6,9H,13H2,1H3. The Bertz CT molecular complexity index is 342. The van der Waals surface area contributed by atoms with Gasteiger partial charge in [-0.25, -0.2) is 0 Å². The lowest BCUT2D eigenvalue weighted by atomic mass is 10.0. The Morgan fingerprint density at radius 3 is 2.93 bits per heavy atom. The van der Waals surface area contributed by atoms with Gasteiger partial charge in [0, 0.05) is 11.6 Å². The first kappa shape index (κ1) is 9.40. The summed E-state index contributed by atoms with van der Waals surface area (Å²) in [4.78, 5) is 0. The Hall–Kier alpha value is -1.16. The molecule has 2 N–H and O–H groups in total. The van der Waals surface area contributed by atoms with E-state index in [1.54, 1.807) is 18.2 Å². The van der Waals surface area contributed by atoms with E-state index in [9.17, 15) is 8.78 Å². The molecule has 4 heteroatoms. The summed E-state index contributed by atoms with van der Waals surface area (Å²) in [5.41, 5.74) is 5.88.